The Morgan fingerprint density at radius 3 is 2.73 bits per heavy atom. The molecular weight excluding hydrogens is 402 g/mol. The van der Waals surface area contributed by atoms with Crippen molar-refractivity contribution in [2.75, 3.05) is 0 Å². The van der Waals surface area contributed by atoms with Gasteiger partial charge in [0.1, 0.15) is 5.71 Å². The lowest BCUT2D eigenvalue weighted by Gasteiger charge is -2.12. The van der Waals surface area contributed by atoms with Crippen molar-refractivity contribution >= 4 is 27.6 Å². The fraction of sp³-hybridized carbons (Fsp3) is 0.167. The van der Waals surface area contributed by atoms with Crippen molar-refractivity contribution in [1.29, 1.82) is 0 Å². The molecule has 1 atom stereocenters. The van der Waals surface area contributed by atoms with Crippen LogP contribution >= 0.6 is 15.9 Å². The van der Waals surface area contributed by atoms with Gasteiger partial charge in [-0.15, -0.1) is 0 Å². The Morgan fingerprint density at radius 2 is 2.08 bits per heavy atom. The molecule has 0 saturated heterocycles. The molecule has 1 aliphatic heterocycles. The van der Waals surface area contributed by atoms with E-state index in [0.29, 0.717) is 17.3 Å². The van der Waals surface area contributed by atoms with Crippen LogP contribution in [0.4, 0.5) is 0 Å². The average Bonchev–Trinajstić information content (AvgIpc) is 3.19. The van der Waals surface area contributed by atoms with E-state index in [-0.39, 0.29) is 0 Å². The van der Waals surface area contributed by atoms with Gasteiger partial charge in [0.15, 0.2) is 11.6 Å². The van der Waals surface area contributed by atoms with Gasteiger partial charge in [-0.2, -0.15) is 0 Å². The molecule has 0 bridgehead atoms. The second-order valence-electron chi connectivity index (χ2n) is 5.60. The summed E-state index contributed by atoms with van der Waals surface area (Å²) >= 11 is 3.50. The molecule has 8 heteroatoms. The van der Waals surface area contributed by atoms with Crippen molar-refractivity contribution in [3.8, 4) is 5.69 Å². The summed E-state index contributed by atoms with van der Waals surface area (Å²) in [6.45, 7) is 3.03. The molecule has 3 heterocycles. The number of aliphatic hydroxyl groups is 1. The molecule has 1 aromatic carbocycles. The number of aliphatic carboxylic acids is 1. The molecular formula is C18H16BrN3O4. The number of aromatic nitrogens is 2. The summed E-state index contributed by atoms with van der Waals surface area (Å²) < 4.78 is 8.35. The molecule has 7 nitrogen and oxygen atoms in total. The highest BCUT2D eigenvalue weighted by Crippen LogP contribution is 2.31. The Hall–Kier alpha value is -2.71. The number of fused-ring (bicyclic) bond motifs is 3. The highest BCUT2D eigenvalue weighted by molar-refractivity contribution is 9.10. The standard InChI is InChI=1S/C16H12BrN3O2.C2H4O2/c1-9-8-18-15-16(21)19-14(13-3-2-6-22-13)11-7-10(17)4-5-12(11)20(9)15;1-2(3)4/h2-8,16,21H,1H3;1H3,(H,3,4). The number of furan rings is 1. The van der Waals surface area contributed by atoms with Gasteiger partial charge in [0.2, 0.25) is 6.23 Å². The van der Waals surface area contributed by atoms with Crippen molar-refractivity contribution in [3.63, 3.8) is 0 Å². The number of hydrogen-bond donors (Lipinski definition) is 2. The average molecular weight is 418 g/mol. The van der Waals surface area contributed by atoms with E-state index >= 15 is 0 Å². The first-order chi connectivity index (χ1) is 12.4. The van der Waals surface area contributed by atoms with Gasteiger partial charge in [-0.25, -0.2) is 9.98 Å². The van der Waals surface area contributed by atoms with Gasteiger partial charge in [-0.3, -0.25) is 9.36 Å². The number of carbonyl (C=O) groups is 1. The molecule has 0 saturated carbocycles. The summed E-state index contributed by atoms with van der Waals surface area (Å²) in [5.74, 6) is 0.282. The third-order valence-corrected chi connectivity index (χ3v) is 4.15. The fourth-order valence-corrected chi connectivity index (χ4v) is 3.06. The highest BCUT2D eigenvalue weighted by atomic mass is 79.9. The molecule has 0 aliphatic carbocycles. The minimum Gasteiger partial charge on any atom is -0.481 e. The Labute approximate surface area is 157 Å². The van der Waals surface area contributed by atoms with Gasteiger partial charge in [0.05, 0.1) is 12.0 Å². The maximum Gasteiger partial charge on any atom is 0.300 e. The second-order valence-corrected chi connectivity index (χ2v) is 6.52. The van der Waals surface area contributed by atoms with Crippen molar-refractivity contribution in [3.05, 3.63) is 70.1 Å². The van der Waals surface area contributed by atoms with Crippen molar-refractivity contribution in [2.24, 2.45) is 4.99 Å². The normalized spacial score (nSPS) is 15.1. The molecule has 4 rings (SSSR count). The number of nitrogens with zero attached hydrogens (tertiary/aromatic N) is 3. The third kappa shape index (κ3) is 3.47. The summed E-state index contributed by atoms with van der Waals surface area (Å²) in [5, 5.41) is 17.9. The summed E-state index contributed by atoms with van der Waals surface area (Å²) in [4.78, 5) is 17.7. The minimum absolute atomic E-state index is 0.502. The van der Waals surface area contributed by atoms with Gasteiger partial charge in [0.25, 0.3) is 5.97 Å². The Balaban J connectivity index is 0.000000447. The van der Waals surface area contributed by atoms with Crippen LogP contribution in [0.3, 0.4) is 0 Å². The largest absolute Gasteiger partial charge is 0.481 e. The van der Waals surface area contributed by atoms with Crippen LogP contribution in [-0.2, 0) is 4.79 Å². The highest BCUT2D eigenvalue weighted by Gasteiger charge is 2.26. The summed E-state index contributed by atoms with van der Waals surface area (Å²) in [7, 11) is 0. The molecule has 26 heavy (non-hydrogen) atoms. The Morgan fingerprint density at radius 1 is 1.35 bits per heavy atom. The predicted octanol–water partition coefficient (Wildman–Crippen LogP) is 3.47. The van der Waals surface area contributed by atoms with Crippen LogP contribution in [0, 0.1) is 6.92 Å². The van der Waals surface area contributed by atoms with Gasteiger partial charge in [-0.05, 0) is 37.3 Å². The minimum atomic E-state index is -1.04. The smallest absolute Gasteiger partial charge is 0.300 e. The van der Waals surface area contributed by atoms with Crippen molar-refractivity contribution < 1.29 is 19.4 Å². The van der Waals surface area contributed by atoms with Crippen molar-refractivity contribution in [2.45, 2.75) is 20.1 Å². The van der Waals surface area contributed by atoms with Crippen LogP contribution in [-0.4, -0.2) is 31.4 Å². The lowest BCUT2D eigenvalue weighted by Crippen LogP contribution is -2.07. The molecule has 3 aromatic rings. The Bertz CT molecular complexity index is 972. The van der Waals surface area contributed by atoms with Crippen LogP contribution in [0.25, 0.3) is 5.69 Å². The SMILES string of the molecule is CC(=O)O.Cc1cnc2n1-c1ccc(Br)cc1C(c1ccco1)=NC2O. The number of benzene rings is 1. The van der Waals surface area contributed by atoms with Crippen LogP contribution in [0.1, 0.15) is 36.0 Å². The van der Waals surface area contributed by atoms with Crippen LogP contribution < -0.4 is 0 Å². The Kier molecular flexibility index (Phi) is 5.06. The molecule has 0 radical (unpaired) electrons. The monoisotopic (exact) mass is 417 g/mol. The van der Waals surface area contributed by atoms with Gasteiger partial charge in [-0.1, -0.05) is 15.9 Å². The number of hydrogen-bond acceptors (Lipinski definition) is 5. The maximum atomic E-state index is 10.4. The van der Waals surface area contributed by atoms with Gasteiger partial charge < -0.3 is 14.6 Å². The first kappa shape index (κ1) is 18.1. The zero-order valence-corrected chi connectivity index (χ0v) is 15.6. The summed E-state index contributed by atoms with van der Waals surface area (Å²) in [5.41, 5.74) is 3.34. The third-order valence-electron chi connectivity index (χ3n) is 3.66. The second kappa shape index (κ2) is 7.27. The molecule has 134 valence electrons. The van der Waals surface area contributed by atoms with E-state index in [9.17, 15) is 5.11 Å². The lowest BCUT2D eigenvalue weighted by atomic mass is 10.1. The number of halogens is 1. The van der Waals surface area contributed by atoms with Crippen LogP contribution in [0.5, 0.6) is 0 Å². The number of rotatable bonds is 1. The first-order valence-electron chi connectivity index (χ1n) is 7.72. The number of aliphatic imine (C=N–C) groups is 1. The topological polar surface area (TPSA) is 101 Å². The zero-order valence-electron chi connectivity index (χ0n) is 14.0. The van der Waals surface area contributed by atoms with Gasteiger partial charge >= 0.3 is 0 Å². The molecule has 1 aliphatic rings. The number of carboxylic acid groups (broad SMARTS) is 1. The number of aliphatic hydroxyl groups excluding tert-OH is 1. The first-order valence-corrected chi connectivity index (χ1v) is 8.51. The number of aryl methyl sites for hydroxylation is 1. The zero-order chi connectivity index (χ0) is 18.8. The maximum absolute atomic E-state index is 10.4. The molecule has 0 spiro atoms. The van der Waals surface area contributed by atoms with Gasteiger partial charge in [0, 0.05) is 28.9 Å². The summed E-state index contributed by atoms with van der Waals surface area (Å²) in [6.07, 6.45) is 2.29. The van der Waals surface area contributed by atoms with Crippen molar-refractivity contribution in [1.82, 2.24) is 9.55 Å². The van der Waals surface area contributed by atoms with Crippen LogP contribution in [0.2, 0.25) is 0 Å². The van der Waals surface area contributed by atoms with E-state index < -0.39 is 12.2 Å². The molecule has 2 N–H and O–H groups in total. The predicted molar refractivity (Wildman–Crippen MR) is 98.6 cm³/mol. The molecule has 0 fully saturated rings. The summed E-state index contributed by atoms with van der Waals surface area (Å²) in [6, 6.07) is 9.54. The van der Waals surface area contributed by atoms with E-state index in [4.69, 9.17) is 14.3 Å². The number of imidazole rings is 1. The molecule has 1 unspecified atom stereocenters. The lowest BCUT2D eigenvalue weighted by molar-refractivity contribution is -0.134. The number of carboxylic acids is 1. The molecule has 0 amide bonds. The van der Waals surface area contributed by atoms with E-state index in [0.717, 1.165) is 28.3 Å². The fourth-order valence-electron chi connectivity index (χ4n) is 2.70. The van der Waals surface area contributed by atoms with Crippen LogP contribution in [0.15, 0.2) is 56.7 Å². The van der Waals surface area contributed by atoms with E-state index in [2.05, 4.69) is 25.9 Å². The van der Waals surface area contributed by atoms with E-state index in [1.54, 1.807) is 18.5 Å². The molecule has 2 aromatic heterocycles. The van der Waals surface area contributed by atoms with E-state index in [1.165, 1.54) is 0 Å². The van der Waals surface area contributed by atoms with E-state index in [1.807, 2.05) is 35.8 Å². The quantitative estimate of drug-likeness (QED) is 0.630.